The Morgan fingerprint density at radius 1 is 1.36 bits per heavy atom. The van der Waals surface area contributed by atoms with E-state index in [0.717, 1.165) is 19.5 Å². The Morgan fingerprint density at radius 3 is 2.43 bits per heavy atom. The summed E-state index contributed by atoms with van der Waals surface area (Å²) in [6.07, 6.45) is 1.02. The number of nitrogens with one attached hydrogen (secondary N) is 1. The second-order valence-electron chi connectivity index (χ2n) is 3.65. The molecule has 1 aromatic carbocycles. The molecule has 4 heteroatoms. The average Bonchev–Trinajstić information content (AvgIpc) is 2.12. The first-order valence-corrected chi connectivity index (χ1v) is 4.70. The van der Waals surface area contributed by atoms with E-state index in [4.69, 9.17) is 0 Å². The van der Waals surface area contributed by atoms with Gasteiger partial charge in [-0.25, -0.2) is 0 Å². The molecular formula is C10H12N2O2. The van der Waals surface area contributed by atoms with Gasteiger partial charge in [0.1, 0.15) is 0 Å². The highest BCUT2D eigenvalue weighted by Gasteiger charge is 2.17. The van der Waals surface area contributed by atoms with Gasteiger partial charge in [-0.15, -0.1) is 0 Å². The van der Waals surface area contributed by atoms with Crippen LogP contribution in [0, 0.1) is 16.0 Å². The van der Waals surface area contributed by atoms with Crippen LogP contribution in [0.1, 0.15) is 5.56 Å². The molecule has 1 aromatic rings. The number of nitro benzene ring substituents is 1. The summed E-state index contributed by atoms with van der Waals surface area (Å²) in [5, 5.41) is 13.6. The Balaban J connectivity index is 2.01. The molecule has 4 nitrogen and oxygen atoms in total. The van der Waals surface area contributed by atoms with E-state index in [1.165, 1.54) is 5.56 Å². The molecule has 2 rings (SSSR count). The van der Waals surface area contributed by atoms with Gasteiger partial charge >= 0.3 is 0 Å². The molecule has 0 unspecified atom stereocenters. The number of nitrogens with zero attached hydrogens (tertiary/aromatic N) is 1. The first kappa shape index (κ1) is 9.15. The zero-order chi connectivity index (χ0) is 9.97. The van der Waals surface area contributed by atoms with Gasteiger partial charge < -0.3 is 5.32 Å². The molecule has 1 fully saturated rings. The molecule has 0 bridgehead atoms. The lowest BCUT2D eigenvalue weighted by Gasteiger charge is -2.26. The molecule has 0 radical (unpaired) electrons. The second-order valence-corrected chi connectivity index (χ2v) is 3.65. The molecule has 0 amide bonds. The van der Waals surface area contributed by atoms with Gasteiger partial charge in [-0.3, -0.25) is 10.1 Å². The van der Waals surface area contributed by atoms with Gasteiger partial charge in [0, 0.05) is 12.1 Å². The third-order valence-corrected chi connectivity index (χ3v) is 2.54. The van der Waals surface area contributed by atoms with Gasteiger partial charge in [-0.05, 0) is 31.0 Å². The van der Waals surface area contributed by atoms with Crippen LogP contribution in [0.15, 0.2) is 24.3 Å². The molecular weight excluding hydrogens is 180 g/mol. The first-order chi connectivity index (χ1) is 6.75. The SMILES string of the molecule is O=[N+]([O-])c1ccc(CC2CNC2)cc1. The Morgan fingerprint density at radius 2 is 2.00 bits per heavy atom. The van der Waals surface area contributed by atoms with Crippen LogP contribution in [0.2, 0.25) is 0 Å². The quantitative estimate of drug-likeness (QED) is 0.581. The summed E-state index contributed by atoms with van der Waals surface area (Å²) < 4.78 is 0. The van der Waals surface area contributed by atoms with Gasteiger partial charge in [0.15, 0.2) is 0 Å². The van der Waals surface area contributed by atoms with Crippen LogP contribution in [0.25, 0.3) is 0 Å². The molecule has 0 saturated carbocycles. The second kappa shape index (κ2) is 3.75. The fraction of sp³-hybridized carbons (Fsp3) is 0.400. The molecule has 0 aromatic heterocycles. The lowest BCUT2D eigenvalue weighted by molar-refractivity contribution is -0.384. The van der Waals surface area contributed by atoms with Crippen molar-refractivity contribution < 1.29 is 4.92 Å². The summed E-state index contributed by atoms with van der Waals surface area (Å²) in [4.78, 5) is 10.0. The van der Waals surface area contributed by atoms with Crippen LogP contribution >= 0.6 is 0 Å². The van der Waals surface area contributed by atoms with Crippen molar-refractivity contribution in [2.24, 2.45) is 5.92 Å². The fourth-order valence-electron chi connectivity index (χ4n) is 1.58. The molecule has 1 heterocycles. The molecule has 1 aliphatic rings. The van der Waals surface area contributed by atoms with Gasteiger partial charge in [0.05, 0.1) is 4.92 Å². The van der Waals surface area contributed by atoms with Crippen molar-refractivity contribution in [1.82, 2.24) is 5.32 Å². The monoisotopic (exact) mass is 192 g/mol. The summed E-state index contributed by atoms with van der Waals surface area (Å²) in [6.45, 7) is 2.13. The minimum absolute atomic E-state index is 0.167. The van der Waals surface area contributed by atoms with Gasteiger partial charge in [0.25, 0.3) is 5.69 Å². The molecule has 14 heavy (non-hydrogen) atoms. The van der Waals surface area contributed by atoms with E-state index in [0.29, 0.717) is 5.92 Å². The maximum atomic E-state index is 10.4. The van der Waals surface area contributed by atoms with Crippen LogP contribution in [0.3, 0.4) is 0 Å². The van der Waals surface area contributed by atoms with Crippen LogP contribution < -0.4 is 5.32 Å². The standard InChI is InChI=1S/C10H12N2O2/c13-12(14)10-3-1-8(2-4-10)5-9-6-11-7-9/h1-4,9,11H,5-7H2. The topological polar surface area (TPSA) is 55.2 Å². The number of nitro groups is 1. The third-order valence-electron chi connectivity index (χ3n) is 2.54. The Hall–Kier alpha value is -1.42. The van der Waals surface area contributed by atoms with Crippen molar-refractivity contribution in [3.05, 3.63) is 39.9 Å². The van der Waals surface area contributed by atoms with Crippen molar-refractivity contribution in [2.45, 2.75) is 6.42 Å². The minimum Gasteiger partial charge on any atom is -0.316 e. The zero-order valence-corrected chi connectivity index (χ0v) is 7.77. The molecule has 74 valence electrons. The van der Waals surface area contributed by atoms with Crippen LogP contribution in [-0.4, -0.2) is 18.0 Å². The summed E-state index contributed by atoms with van der Waals surface area (Å²) in [6, 6.07) is 6.83. The fourth-order valence-corrected chi connectivity index (χ4v) is 1.58. The van der Waals surface area contributed by atoms with E-state index in [-0.39, 0.29) is 10.6 Å². The lowest BCUT2D eigenvalue weighted by atomic mass is 9.94. The van der Waals surface area contributed by atoms with E-state index in [9.17, 15) is 10.1 Å². The molecule has 0 aliphatic carbocycles. The molecule has 1 N–H and O–H groups in total. The van der Waals surface area contributed by atoms with Crippen molar-refractivity contribution >= 4 is 5.69 Å². The zero-order valence-electron chi connectivity index (χ0n) is 7.77. The van der Waals surface area contributed by atoms with Crippen LogP contribution in [0.4, 0.5) is 5.69 Å². The van der Waals surface area contributed by atoms with E-state index in [1.54, 1.807) is 12.1 Å². The number of rotatable bonds is 3. The smallest absolute Gasteiger partial charge is 0.269 e. The van der Waals surface area contributed by atoms with E-state index in [2.05, 4.69) is 5.32 Å². The maximum Gasteiger partial charge on any atom is 0.269 e. The van der Waals surface area contributed by atoms with Crippen molar-refractivity contribution in [2.75, 3.05) is 13.1 Å². The van der Waals surface area contributed by atoms with Gasteiger partial charge in [-0.1, -0.05) is 12.1 Å². The average molecular weight is 192 g/mol. The largest absolute Gasteiger partial charge is 0.316 e. The summed E-state index contributed by atoms with van der Waals surface area (Å²) in [7, 11) is 0. The lowest BCUT2D eigenvalue weighted by Crippen LogP contribution is -2.43. The minimum atomic E-state index is -0.366. The van der Waals surface area contributed by atoms with E-state index >= 15 is 0 Å². The van der Waals surface area contributed by atoms with Crippen molar-refractivity contribution in [1.29, 1.82) is 0 Å². The summed E-state index contributed by atoms with van der Waals surface area (Å²) in [5.41, 5.74) is 1.35. The Bertz CT molecular complexity index is 330. The van der Waals surface area contributed by atoms with Gasteiger partial charge in [-0.2, -0.15) is 0 Å². The number of hydrogen-bond donors (Lipinski definition) is 1. The molecule has 0 atom stereocenters. The van der Waals surface area contributed by atoms with Crippen LogP contribution in [0.5, 0.6) is 0 Å². The highest BCUT2D eigenvalue weighted by Crippen LogP contribution is 2.16. The van der Waals surface area contributed by atoms with E-state index in [1.807, 2.05) is 12.1 Å². The third kappa shape index (κ3) is 1.90. The number of benzene rings is 1. The summed E-state index contributed by atoms with van der Waals surface area (Å²) >= 11 is 0. The van der Waals surface area contributed by atoms with Crippen molar-refractivity contribution in [3.63, 3.8) is 0 Å². The first-order valence-electron chi connectivity index (χ1n) is 4.70. The molecule has 1 saturated heterocycles. The number of hydrogen-bond acceptors (Lipinski definition) is 3. The Kier molecular flexibility index (Phi) is 2.45. The Labute approximate surface area is 82.1 Å². The number of non-ortho nitro benzene ring substituents is 1. The van der Waals surface area contributed by atoms with E-state index < -0.39 is 0 Å². The molecule has 1 aliphatic heterocycles. The van der Waals surface area contributed by atoms with Crippen LogP contribution in [-0.2, 0) is 6.42 Å². The maximum absolute atomic E-state index is 10.4. The predicted molar refractivity (Wildman–Crippen MR) is 53.2 cm³/mol. The van der Waals surface area contributed by atoms with Crippen molar-refractivity contribution in [3.8, 4) is 0 Å². The highest BCUT2D eigenvalue weighted by molar-refractivity contribution is 5.33. The predicted octanol–water partition coefficient (Wildman–Crippen LogP) is 1.36. The normalized spacial score (nSPS) is 16.3. The molecule has 0 spiro atoms. The van der Waals surface area contributed by atoms with Gasteiger partial charge in [0.2, 0.25) is 0 Å². The summed E-state index contributed by atoms with van der Waals surface area (Å²) in [5.74, 6) is 0.705. The highest BCUT2D eigenvalue weighted by atomic mass is 16.6.